The second kappa shape index (κ2) is 6.36. The van der Waals surface area contributed by atoms with Gasteiger partial charge in [0.05, 0.1) is 11.5 Å². The fourth-order valence-electron chi connectivity index (χ4n) is 2.44. The summed E-state index contributed by atoms with van der Waals surface area (Å²) in [6, 6.07) is 4.83. The Labute approximate surface area is 131 Å². The van der Waals surface area contributed by atoms with Gasteiger partial charge in [-0.05, 0) is 18.6 Å². The maximum absolute atomic E-state index is 13.1. The number of imidazole rings is 1. The third-order valence-corrected chi connectivity index (χ3v) is 3.59. The van der Waals surface area contributed by atoms with Gasteiger partial charge in [0.1, 0.15) is 5.78 Å². The first kappa shape index (κ1) is 16.9. The Hall–Kier alpha value is -2.44. The standard InChI is InChI=1S/C16H15F3N2O2/c1-10(22)12(9-14(23)15-20-7-8-21(15)2)11-5-3-4-6-13(11)16(17,18)19/h3-8,12H,9H2,1-2H3. The summed E-state index contributed by atoms with van der Waals surface area (Å²) in [5, 5.41) is 0. The summed E-state index contributed by atoms with van der Waals surface area (Å²) in [5.41, 5.74) is -1.08. The van der Waals surface area contributed by atoms with E-state index in [2.05, 4.69) is 4.98 Å². The van der Waals surface area contributed by atoms with E-state index in [1.54, 1.807) is 13.2 Å². The van der Waals surface area contributed by atoms with Crippen molar-refractivity contribution in [3.8, 4) is 0 Å². The molecule has 0 saturated carbocycles. The fourth-order valence-corrected chi connectivity index (χ4v) is 2.44. The molecule has 23 heavy (non-hydrogen) atoms. The molecule has 0 radical (unpaired) electrons. The van der Waals surface area contributed by atoms with Crippen molar-refractivity contribution in [2.24, 2.45) is 7.05 Å². The minimum absolute atomic E-state index is 0.112. The molecule has 2 rings (SSSR count). The molecule has 0 aliphatic heterocycles. The molecule has 0 bridgehead atoms. The summed E-state index contributed by atoms with van der Waals surface area (Å²) in [7, 11) is 1.60. The molecule has 1 aromatic carbocycles. The highest BCUT2D eigenvalue weighted by Gasteiger charge is 2.36. The van der Waals surface area contributed by atoms with Gasteiger partial charge in [-0.25, -0.2) is 4.98 Å². The van der Waals surface area contributed by atoms with Crippen molar-refractivity contribution in [1.82, 2.24) is 9.55 Å². The molecule has 1 atom stereocenters. The molecule has 0 N–H and O–H groups in total. The molecule has 0 amide bonds. The molecule has 4 nitrogen and oxygen atoms in total. The Morgan fingerprint density at radius 1 is 1.26 bits per heavy atom. The number of rotatable bonds is 5. The van der Waals surface area contributed by atoms with Crippen molar-refractivity contribution in [3.05, 3.63) is 53.6 Å². The molecular formula is C16H15F3N2O2. The molecule has 1 aromatic heterocycles. The zero-order valence-corrected chi connectivity index (χ0v) is 12.6. The average molecular weight is 324 g/mol. The Morgan fingerprint density at radius 2 is 1.91 bits per heavy atom. The Bertz CT molecular complexity index is 735. The van der Waals surface area contributed by atoms with Gasteiger partial charge < -0.3 is 4.57 Å². The smallest absolute Gasteiger partial charge is 0.332 e. The lowest BCUT2D eigenvalue weighted by atomic mass is 9.87. The molecular weight excluding hydrogens is 309 g/mol. The third kappa shape index (κ3) is 3.67. The maximum atomic E-state index is 13.1. The highest BCUT2D eigenvalue weighted by atomic mass is 19.4. The number of nitrogens with zero attached hydrogens (tertiary/aromatic N) is 2. The van der Waals surface area contributed by atoms with Gasteiger partial charge >= 0.3 is 6.18 Å². The molecule has 0 saturated heterocycles. The number of benzene rings is 1. The van der Waals surface area contributed by atoms with Crippen molar-refractivity contribution >= 4 is 11.6 Å². The Kier molecular flexibility index (Phi) is 4.68. The summed E-state index contributed by atoms with van der Waals surface area (Å²) in [5.74, 6) is -2.02. The maximum Gasteiger partial charge on any atom is 0.416 e. The number of aryl methyl sites for hydroxylation is 1. The summed E-state index contributed by atoms with van der Waals surface area (Å²) in [4.78, 5) is 28.0. The van der Waals surface area contributed by atoms with Gasteiger partial charge in [-0.2, -0.15) is 13.2 Å². The number of halogens is 3. The molecule has 122 valence electrons. The van der Waals surface area contributed by atoms with Crippen LogP contribution in [0, 0.1) is 0 Å². The lowest BCUT2D eigenvalue weighted by molar-refractivity contribution is -0.138. The number of carbonyl (C=O) groups excluding carboxylic acids is 2. The average Bonchev–Trinajstić information content (AvgIpc) is 2.89. The number of hydrogen-bond donors (Lipinski definition) is 0. The minimum Gasteiger partial charge on any atom is -0.332 e. The van der Waals surface area contributed by atoms with E-state index in [-0.39, 0.29) is 17.8 Å². The number of Topliss-reactive ketones (excluding diaryl/α,β-unsaturated/α-hetero) is 2. The van der Waals surface area contributed by atoms with Crippen molar-refractivity contribution in [2.75, 3.05) is 0 Å². The Morgan fingerprint density at radius 3 is 2.43 bits per heavy atom. The SMILES string of the molecule is CC(=O)C(CC(=O)c1nccn1C)c1ccccc1C(F)(F)F. The number of carbonyl (C=O) groups is 2. The first-order valence-corrected chi connectivity index (χ1v) is 6.89. The Balaban J connectivity index is 2.39. The molecule has 7 heteroatoms. The second-order valence-electron chi connectivity index (χ2n) is 5.24. The summed E-state index contributed by atoms with van der Waals surface area (Å²) in [6.07, 6.45) is -1.97. The normalized spacial score (nSPS) is 12.9. The highest BCUT2D eigenvalue weighted by Crippen LogP contribution is 2.36. The highest BCUT2D eigenvalue weighted by molar-refractivity contribution is 5.97. The lowest BCUT2D eigenvalue weighted by Crippen LogP contribution is -2.20. The summed E-state index contributed by atoms with van der Waals surface area (Å²) in [6.45, 7) is 1.18. The third-order valence-electron chi connectivity index (χ3n) is 3.59. The van der Waals surface area contributed by atoms with Gasteiger partial charge in [0.25, 0.3) is 0 Å². The number of aromatic nitrogens is 2. The fraction of sp³-hybridized carbons (Fsp3) is 0.312. The van der Waals surface area contributed by atoms with Crippen LogP contribution in [0.25, 0.3) is 0 Å². The van der Waals surface area contributed by atoms with Crippen molar-refractivity contribution in [1.29, 1.82) is 0 Å². The molecule has 0 aliphatic rings. The van der Waals surface area contributed by atoms with E-state index in [0.717, 1.165) is 6.07 Å². The number of hydrogen-bond acceptors (Lipinski definition) is 3. The van der Waals surface area contributed by atoms with Crippen LogP contribution in [-0.4, -0.2) is 21.1 Å². The first-order chi connectivity index (χ1) is 10.7. The molecule has 1 unspecified atom stereocenters. The van der Waals surface area contributed by atoms with Crippen molar-refractivity contribution < 1.29 is 22.8 Å². The molecule has 0 fully saturated rings. The van der Waals surface area contributed by atoms with E-state index in [4.69, 9.17) is 0 Å². The van der Waals surface area contributed by atoms with Crippen LogP contribution in [0.3, 0.4) is 0 Å². The van der Waals surface area contributed by atoms with Crippen LogP contribution >= 0.6 is 0 Å². The predicted molar refractivity (Wildman–Crippen MR) is 77.0 cm³/mol. The van der Waals surface area contributed by atoms with Crippen LogP contribution in [0.5, 0.6) is 0 Å². The molecule has 1 heterocycles. The monoisotopic (exact) mass is 324 g/mol. The van der Waals surface area contributed by atoms with Gasteiger partial charge in [0.2, 0.25) is 0 Å². The van der Waals surface area contributed by atoms with E-state index in [0.29, 0.717) is 0 Å². The van der Waals surface area contributed by atoms with Crippen molar-refractivity contribution in [2.45, 2.75) is 25.4 Å². The summed E-state index contributed by atoms with van der Waals surface area (Å²) < 4.78 is 40.9. The van der Waals surface area contributed by atoms with Gasteiger partial charge in [-0.1, -0.05) is 18.2 Å². The molecule has 2 aromatic rings. The molecule has 0 aliphatic carbocycles. The van der Waals surface area contributed by atoms with E-state index in [1.165, 1.54) is 35.9 Å². The van der Waals surface area contributed by atoms with Gasteiger partial charge in [0.15, 0.2) is 11.6 Å². The van der Waals surface area contributed by atoms with Gasteiger partial charge in [-0.15, -0.1) is 0 Å². The van der Waals surface area contributed by atoms with Crippen LogP contribution in [0.4, 0.5) is 13.2 Å². The van der Waals surface area contributed by atoms with E-state index in [9.17, 15) is 22.8 Å². The van der Waals surface area contributed by atoms with E-state index >= 15 is 0 Å². The predicted octanol–water partition coefficient (Wildman–Crippen LogP) is 3.38. The van der Waals surface area contributed by atoms with Crippen molar-refractivity contribution in [3.63, 3.8) is 0 Å². The van der Waals surface area contributed by atoms with Gasteiger partial charge in [-0.3, -0.25) is 9.59 Å². The second-order valence-corrected chi connectivity index (χ2v) is 5.24. The minimum atomic E-state index is -4.59. The zero-order chi connectivity index (χ0) is 17.2. The quantitative estimate of drug-likeness (QED) is 0.792. The first-order valence-electron chi connectivity index (χ1n) is 6.89. The van der Waals surface area contributed by atoms with Gasteiger partial charge in [0, 0.05) is 25.9 Å². The number of ketones is 2. The summed E-state index contributed by atoms with van der Waals surface area (Å²) >= 11 is 0. The topological polar surface area (TPSA) is 52.0 Å². The van der Waals surface area contributed by atoms with Crippen LogP contribution < -0.4 is 0 Å². The largest absolute Gasteiger partial charge is 0.416 e. The van der Waals surface area contributed by atoms with Crippen LogP contribution in [0.15, 0.2) is 36.7 Å². The van der Waals surface area contributed by atoms with E-state index < -0.39 is 29.2 Å². The number of alkyl halides is 3. The van der Waals surface area contributed by atoms with Crippen LogP contribution in [-0.2, 0) is 18.0 Å². The molecule has 0 spiro atoms. The zero-order valence-electron chi connectivity index (χ0n) is 12.6. The lowest BCUT2D eigenvalue weighted by Gasteiger charge is -2.19. The van der Waals surface area contributed by atoms with Crippen LogP contribution in [0.1, 0.15) is 41.0 Å². The van der Waals surface area contributed by atoms with Crippen LogP contribution in [0.2, 0.25) is 0 Å². The van der Waals surface area contributed by atoms with E-state index in [1.807, 2.05) is 0 Å².